The lowest BCUT2D eigenvalue weighted by Gasteiger charge is -2.33. The third-order valence-electron chi connectivity index (χ3n) is 3.17. The van der Waals surface area contributed by atoms with Gasteiger partial charge in [0.15, 0.2) is 0 Å². The molecular formula is C13H17ClO3. The van der Waals surface area contributed by atoms with Crippen LogP contribution in [0.25, 0.3) is 0 Å². The molecule has 0 aromatic heterocycles. The minimum Gasteiger partial charge on any atom is -0.481 e. The van der Waals surface area contributed by atoms with Crippen LogP contribution >= 0.6 is 11.6 Å². The molecule has 0 amide bonds. The number of halogens is 1. The molecule has 17 heavy (non-hydrogen) atoms. The van der Waals surface area contributed by atoms with Crippen LogP contribution in [0.5, 0.6) is 0 Å². The Morgan fingerprint density at radius 2 is 1.88 bits per heavy atom. The van der Waals surface area contributed by atoms with Crippen molar-refractivity contribution in [2.24, 2.45) is 5.92 Å². The van der Waals surface area contributed by atoms with Crippen molar-refractivity contribution in [1.29, 1.82) is 0 Å². The van der Waals surface area contributed by atoms with Gasteiger partial charge in [-0.25, -0.2) is 0 Å². The lowest BCUT2D eigenvalue weighted by molar-refractivity contribution is -0.153. The van der Waals surface area contributed by atoms with E-state index in [0.717, 1.165) is 0 Å². The summed E-state index contributed by atoms with van der Waals surface area (Å²) < 4.78 is 0. The summed E-state index contributed by atoms with van der Waals surface area (Å²) >= 11 is 5.78. The molecule has 1 aromatic carbocycles. The zero-order chi connectivity index (χ0) is 13.1. The van der Waals surface area contributed by atoms with Gasteiger partial charge in [0.2, 0.25) is 0 Å². The summed E-state index contributed by atoms with van der Waals surface area (Å²) in [5.74, 6) is -1.79. The predicted molar refractivity (Wildman–Crippen MR) is 67.1 cm³/mol. The minimum atomic E-state index is -1.34. The molecule has 0 heterocycles. The first kappa shape index (κ1) is 14.0. The number of carboxylic acids is 1. The van der Waals surface area contributed by atoms with Crippen LogP contribution in [0.4, 0.5) is 0 Å². The molecule has 0 aliphatic heterocycles. The molecule has 0 spiro atoms. The number of carboxylic acid groups (broad SMARTS) is 1. The Balaban J connectivity index is 3.18. The summed E-state index contributed by atoms with van der Waals surface area (Å²) in [5.41, 5.74) is -0.746. The number of carbonyl (C=O) groups is 1. The zero-order valence-electron chi connectivity index (χ0n) is 9.98. The van der Waals surface area contributed by atoms with Gasteiger partial charge in [-0.1, -0.05) is 37.6 Å². The SMILES string of the molecule is CCC(C(=O)O)C(O)(CC)c1ccc(Cl)cc1. The van der Waals surface area contributed by atoms with Gasteiger partial charge in [-0.05, 0) is 30.5 Å². The van der Waals surface area contributed by atoms with E-state index in [1.807, 2.05) is 0 Å². The largest absolute Gasteiger partial charge is 0.481 e. The summed E-state index contributed by atoms with van der Waals surface area (Å²) in [6.07, 6.45) is 0.724. The predicted octanol–water partition coefficient (Wildman–Crippen LogP) is 3.05. The average molecular weight is 257 g/mol. The molecule has 0 fully saturated rings. The van der Waals surface area contributed by atoms with Crippen molar-refractivity contribution in [3.63, 3.8) is 0 Å². The van der Waals surface area contributed by atoms with E-state index in [2.05, 4.69) is 0 Å². The van der Waals surface area contributed by atoms with Crippen LogP contribution in [-0.2, 0) is 10.4 Å². The number of hydrogen-bond donors (Lipinski definition) is 2. The van der Waals surface area contributed by atoms with Gasteiger partial charge in [0, 0.05) is 5.02 Å². The lowest BCUT2D eigenvalue weighted by atomic mass is 9.78. The summed E-state index contributed by atoms with van der Waals surface area (Å²) in [4.78, 5) is 11.2. The van der Waals surface area contributed by atoms with E-state index < -0.39 is 17.5 Å². The van der Waals surface area contributed by atoms with E-state index in [0.29, 0.717) is 23.4 Å². The molecule has 0 saturated heterocycles. The highest BCUT2D eigenvalue weighted by atomic mass is 35.5. The molecule has 4 heteroatoms. The maximum absolute atomic E-state index is 11.2. The highest BCUT2D eigenvalue weighted by Crippen LogP contribution is 2.35. The summed E-state index contributed by atoms with van der Waals surface area (Å²) in [6, 6.07) is 6.67. The van der Waals surface area contributed by atoms with Crippen LogP contribution in [0.2, 0.25) is 5.02 Å². The van der Waals surface area contributed by atoms with Gasteiger partial charge in [0.25, 0.3) is 0 Å². The molecular weight excluding hydrogens is 240 g/mol. The molecule has 94 valence electrons. The van der Waals surface area contributed by atoms with E-state index in [9.17, 15) is 9.90 Å². The molecule has 0 saturated carbocycles. The van der Waals surface area contributed by atoms with Crippen molar-refractivity contribution < 1.29 is 15.0 Å². The van der Waals surface area contributed by atoms with E-state index in [1.54, 1.807) is 38.1 Å². The molecule has 0 bridgehead atoms. The van der Waals surface area contributed by atoms with Gasteiger partial charge in [-0.15, -0.1) is 0 Å². The normalized spacial score (nSPS) is 16.2. The van der Waals surface area contributed by atoms with Crippen LogP contribution in [0, 0.1) is 5.92 Å². The van der Waals surface area contributed by atoms with Crippen molar-refractivity contribution in [2.45, 2.75) is 32.3 Å². The summed E-state index contributed by atoms with van der Waals surface area (Å²) in [6.45, 7) is 3.54. The van der Waals surface area contributed by atoms with Gasteiger partial charge in [-0.3, -0.25) is 4.79 Å². The van der Waals surface area contributed by atoms with Gasteiger partial charge in [-0.2, -0.15) is 0 Å². The number of aliphatic hydroxyl groups is 1. The number of rotatable bonds is 5. The lowest BCUT2D eigenvalue weighted by Crippen LogP contribution is -2.39. The van der Waals surface area contributed by atoms with E-state index in [-0.39, 0.29) is 0 Å². The van der Waals surface area contributed by atoms with E-state index in [4.69, 9.17) is 16.7 Å². The fourth-order valence-electron chi connectivity index (χ4n) is 2.11. The quantitative estimate of drug-likeness (QED) is 0.851. The second kappa shape index (κ2) is 5.52. The Morgan fingerprint density at radius 3 is 2.24 bits per heavy atom. The average Bonchev–Trinajstić information content (AvgIpc) is 2.29. The number of benzene rings is 1. The van der Waals surface area contributed by atoms with Crippen molar-refractivity contribution in [3.05, 3.63) is 34.9 Å². The van der Waals surface area contributed by atoms with Crippen LogP contribution < -0.4 is 0 Å². The Kier molecular flexibility index (Phi) is 4.54. The molecule has 0 radical (unpaired) electrons. The second-order valence-electron chi connectivity index (χ2n) is 4.08. The smallest absolute Gasteiger partial charge is 0.309 e. The summed E-state index contributed by atoms with van der Waals surface area (Å²) in [7, 11) is 0. The van der Waals surface area contributed by atoms with Crippen LogP contribution in [0.15, 0.2) is 24.3 Å². The highest BCUT2D eigenvalue weighted by Gasteiger charge is 2.40. The Hall–Kier alpha value is -1.06. The molecule has 0 aliphatic carbocycles. The maximum Gasteiger partial charge on any atom is 0.309 e. The minimum absolute atomic E-state index is 0.347. The Bertz CT molecular complexity index is 388. The molecule has 2 N–H and O–H groups in total. The summed E-state index contributed by atoms with van der Waals surface area (Å²) in [5, 5.41) is 20.3. The van der Waals surface area contributed by atoms with Crippen LogP contribution in [0.1, 0.15) is 32.3 Å². The Labute approximate surface area is 106 Å². The van der Waals surface area contributed by atoms with Crippen molar-refractivity contribution in [3.8, 4) is 0 Å². The monoisotopic (exact) mass is 256 g/mol. The molecule has 0 aliphatic rings. The van der Waals surface area contributed by atoms with Gasteiger partial charge < -0.3 is 10.2 Å². The molecule has 2 atom stereocenters. The maximum atomic E-state index is 11.2. The highest BCUT2D eigenvalue weighted by molar-refractivity contribution is 6.30. The molecule has 1 aromatic rings. The van der Waals surface area contributed by atoms with Crippen molar-refractivity contribution in [2.75, 3.05) is 0 Å². The standard InChI is InChI=1S/C13H17ClO3/c1-3-11(12(15)16)13(17,4-2)9-5-7-10(14)8-6-9/h5-8,11,17H,3-4H2,1-2H3,(H,15,16). The van der Waals surface area contributed by atoms with E-state index in [1.165, 1.54) is 0 Å². The van der Waals surface area contributed by atoms with Gasteiger partial charge in [0.1, 0.15) is 5.60 Å². The van der Waals surface area contributed by atoms with E-state index >= 15 is 0 Å². The first-order valence-electron chi connectivity index (χ1n) is 5.67. The third kappa shape index (κ3) is 2.79. The second-order valence-corrected chi connectivity index (χ2v) is 4.52. The van der Waals surface area contributed by atoms with Crippen molar-refractivity contribution in [1.82, 2.24) is 0 Å². The van der Waals surface area contributed by atoms with Gasteiger partial charge in [0.05, 0.1) is 5.92 Å². The first-order chi connectivity index (χ1) is 7.95. The molecule has 1 rings (SSSR count). The molecule has 2 unspecified atom stereocenters. The fourth-order valence-corrected chi connectivity index (χ4v) is 2.23. The first-order valence-corrected chi connectivity index (χ1v) is 6.04. The van der Waals surface area contributed by atoms with Crippen LogP contribution in [-0.4, -0.2) is 16.2 Å². The number of hydrogen-bond acceptors (Lipinski definition) is 2. The van der Waals surface area contributed by atoms with Gasteiger partial charge >= 0.3 is 5.97 Å². The Morgan fingerprint density at radius 1 is 1.35 bits per heavy atom. The number of aliphatic carboxylic acids is 1. The topological polar surface area (TPSA) is 57.5 Å². The molecule has 3 nitrogen and oxygen atoms in total. The van der Waals surface area contributed by atoms with Crippen molar-refractivity contribution >= 4 is 17.6 Å². The van der Waals surface area contributed by atoms with Crippen LogP contribution in [0.3, 0.4) is 0 Å². The third-order valence-corrected chi connectivity index (χ3v) is 3.42. The fraction of sp³-hybridized carbons (Fsp3) is 0.462. The zero-order valence-corrected chi connectivity index (χ0v) is 10.7.